The number of amides is 1. The molecule has 0 saturated carbocycles. The van der Waals surface area contributed by atoms with Gasteiger partial charge in [-0.2, -0.15) is 4.98 Å². The molecule has 4 aromatic rings. The minimum absolute atomic E-state index is 0.116. The Morgan fingerprint density at radius 3 is 2.83 bits per heavy atom. The first-order chi connectivity index (χ1) is 14.1. The molecular formula is C20H19N5O3S. The van der Waals surface area contributed by atoms with Gasteiger partial charge in [-0.1, -0.05) is 41.7 Å². The van der Waals surface area contributed by atoms with Crippen molar-refractivity contribution in [3.8, 4) is 0 Å². The van der Waals surface area contributed by atoms with Crippen molar-refractivity contribution >= 4 is 32.7 Å². The Balaban J connectivity index is 1.48. The van der Waals surface area contributed by atoms with Crippen molar-refractivity contribution in [3.63, 3.8) is 0 Å². The molecule has 0 fully saturated rings. The minimum atomic E-state index is -0.296. The van der Waals surface area contributed by atoms with Crippen LogP contribution in [0, 0.1) is 0 Å². The van der Waals surface area contributed by atoms with Gasteiger partial charge in [-0.15, -0.1) is 0 Å². The lowest BCUT2D eigenvalue weighted by Gasteiger charge is -2.15. The van der Waals surface area contributed by atoms with Crippen LogP contribution in [0.1, 0.15) is 11.3 Å². The summed E-state index contributed by atoms with van der Waals surface area (Å²) < 4.78 is 6.90. The first kappa shape index (κ1) is 18.9. The van der Waals surface area contributed by atoms with Crippen molar-refractivity contribution in [1.29, 1.82) is 0 Å². The molecule has 0 aliphatic heterocycles. The number of aromatic nitrogens is 3. The monoisotopic (exact) mass is 409 g/mol. The van der Waals surface area contributed by atoms with Gasteiger partial charge < -0.3 is 14.6 Å². The Kier molecular flexibility index (Phi) is 5.39. The van der Waals surface area contributed by atoms with Crippen LogP contribution in [0.25, 0.3) is 10.3 Å². The molecule has 148 valence electrons. The molecule has 9 heteroatoms. The highest BCUT2D eigenvalue weighted by Crippen LogP contribution is 2.25. The first-order valence-electron chi connectivity index (χ1n) is 9.00. The Morgan fingerprint density at radius 2 is 2.07 bits per heavy atom. The van der Waals surface area contributed by atoms with Gasteiger partial charge in [0.2, 0.25) is 5.91 Å². The second-order valence-electron chi connectivity index (χ2n) is 6.52. The largest absolute Gasteiger partial charge is 0.467 e. The standard InChI is InChI=1S/C20H19N5O3S/c1-24(11-14-6-3-2-4-7-14)20-23-18-17(29-20)19(27)25(13-22-18)12-16(26)21-10-15-8-5-9-28-15/h2-9,13H,10-12H2,1H3,(H,21,26). The summed E-state index contributed by atoms with van der Waals surface area (Å²) in [6.45, 7) is 0.824. The van der Waals surface area contributed by atoms with Crippen molar-refractivity contribution in [2.45, 2.75) is 19.6 Å². The average Bonchev–Trinajstić information content (AvgIpc) is 3.39. The zero-order valence-corrected chi connectivity index (χ0v) is 16.6. The van der Waals surface area contributed by atoms with Gasteiger partial charge in [-0.3, -0.25) is 14.2 Å². The average molecular weight is 409 g/mol. The Hall–Kier alpha value is -3.46. The van der Waals surface area contributed by atoms with E-state index in [0.717, 1.165) is 5.56 Å². The number of anilines is 1. The van der Waals surface area contributed by atoms with Crippen molar-refractivity contribution in [2.24, 2.45) is 0 Å². The molecule has 0 radical (unpaired) electrons. The lowest BCUT2D eigenvalue weighted by molar-refractivity contribution is -0.122. The van der Waals surface area contributed by atoms with Crippen LogP contribution >= 0.6 is 11.3 Å². The fourth-order valence-electron chi connectivity index (χ4n) is 2.85. The summed E-state index contributed by atoms with van der Waals surface area (Å²) in [6, 6.07) is 13.5. The van der Waals surface area contributed by atoms with Gasteiger partial charge in [0.1, 0.15) is 23.3 Å². The van der Waals surface area contributed by atoms with Crippen LogP contribution in [-0.4, -0.2) is 27.5 Å². The molecule has 0 saturated heterocycles. The Morgan fingerprint density at radius 1 is 1.24 bits per heavy atom. The first-order valence-corrected chi connectivity index (χ1v) is 9.82. The van der Waals surface area contributed by atoms with Gasteiger partial charge in [0.15, 0.2) is 10.8 Å². The summed E-state index contributed by atoms with van der Waals surface area (Å²) >= 11 is 1.28. The molecule has 1 N–H and O–H groups in total. The molecule has 0 atom stereocenters. The predicted molar refractivity (Wildman–Crippen MR) is 111 cm³/mol. The molecule has 1 amide bonds. The molecular weight excluding hydrogens is 390 g/mol. The summed E-state index contributed by atoms with van der Waals surface area (Å²) in [7, 11) is 1.92. The molecule has 29 heavy (non-hydrogen) atoms. The van der Waals surface area contributed by atoms with Crippen molar-refractivity contribution in [3.05, 3.63) is 76.7 Å². The molecule has 0 bridgehead atoms. The van der Waals surface area contributed by atoms with Crippen LogP contribution in [-0.2, 0) is 24.4 Å². The van der Waals surface area contributed by atoms with Crippen molar-refractivity contribution < 1.29 is 9.21 Å². The third kappa shape index (κ3) is 4.35. The van der Waals surface area contributed by atoms with Crippen LogP contribution < -0.4 is 15.8 Å². The molecule has 0 aliphatic rings. The van der Waals surface area contributed by atoms with Gasteiger partial charge in [0.25, 0.3) is 5.56 Å². The van der Waals surface area contributed by atoms with E-state index in [0.29, 0.717) is 27.8 Å². The van der Waals surface area contributed by atoms with E-state index in [2.05, 4.69) is 15.3 Å². The van der Waals surface area contributed by atoms with Crippen LogP contribution in [0.5, 0.6) is 0 Å². The van der Waals surface area contributed by atoms with Gasteiger partial charge in [0.05, 0.1) is 12.8 Å². The lowest BCUT2D eigenvalue weighted by atomic mass is 10.2. The highest BCUT2D eigenvalue weighted by molar-refractivity contribution is 7.22. The second kappa shape index (κ2) is 8.27. The van der Waals surface area contributed by atoms with E-state index >= 15 is 0 Å². The zero-order valence-electron chi connectivity index (χ0n) is 15.7. The van der Waals surface area contributed by atoms with Crippen molar-refractivity contribution in [1.82, 2.24) is 19.9 Å². The highest BCUT2D eigenvalue weighted by Gasteiger charge is 2.15. The predicted octanol–water partition coefficient (Wildman–Crippen LogP) is 2.40. The quantitative estimate of drug-likeness (QED) is 0.504. The van der Waals surface area contributed by atoms with Gasteiger partial charge in [-0.25, -0.2) is 4.98 Å². The number of benzene rings is 1. The van der Waals surface area contributed by atoms with Crippen LogP contribution in [0.4, 0.5) is 5.13 Å². The summed E-state index contributed by atoms with van der Waals surface area (Å²) in [6.07, 6.45) is 2.90. The maximum Gasteiger partial charge on any atom is 0.273 e. The van der Waals surface area contributed by atoms with E-state index in [1.165, 1.54) is 22.2 Å². The Bertz CT molecular complexity index is 1170. The number of carbonyl (C=O) groups excluding carboxylic acids is 1. The van der Waals surface area contributed by atoms with E-state index in [9.17, 15) is 9.59 Å². The number of carbonyl (C=O) groups is 1. The van der Waals surface area contributed by atoms with Gasteiger partial charge in [0, 0.05) is 13.6 Å². The smallest absolute Gasteiger partial charge is 0.273 e. The second-order valence-corrected chi connectivity index (χ2v) is 7.50. The molecule has 3 heterocycles. The van der Waals surface area contributed by atoms with Crippen LogP contribution in [0.2, 0.25) is 0 Å². The van der Waals surface area contributed by atoms with E-state index in [1.54, 1.807) is 18.4 Å². The maximum absolute atomic E-state index is 12.8. The molecule has 4 rings (SSSR count). The number of hydrogen-bond donors (Lipinski definition) is 1. The number of hydrogen-bond acceptors (Lipinski definition) is 7. The zero-order chi connectivity index (χ0) is 20.2. The molecule has 0 spiro atoms. The van der Waals surface area contributed by atoms with Gasteiger partial charge >= 0.3 is 0 Å². The molecule has 3 aromatic heterocycles. The SMILES string of the molecule is CN(Cc1ccccc1)c1nc2ncn(CC(=O)NCc3ccco3)c(=O)c2s1. The minimum Gasteiger partial charge on any atom is -0.467 e. The summed E-state index contributed by atoms with van der Waals surface area (Å²) in [5, 5.41) is 3.42. The number of furan rings is 1. The summed E-state index contributed by atoms with van der Waals surface area (Å²) in [4.78, 5) is 35.6. The highest BCUT2D eigenvalue weighted by atomic mass is 32.1. The van der Waals surface area contributed by atoms with Gasteiger partial charge in [-0.05, 0) is 17.7 Å². The van der Waals surface area contributed by atoms with E-state index in [1.807, 2.05) is 42.3 Å². The topological polar surface area (TPSA) is 93.3 Å². The number of rotatable bonds is 7. The molecule has 8 nitrogen and oxygen atoms in total. The van der Waals surface area contributed by atoms with E-state index in [4.69, 9.17) is 4.42 Å². The van der Waals surface area contributed by atoms with E-state index in [-0.39, 0.29) is 24.6 Å². The number of thiazole rings is 1. The number of fused-ring (bicyclic) bond motifs is 1. The third-order valence-corrected chi connectivity index (χ3v) is 5.46. The lowest BCUT2D eigenvalue weighted by Crippen LogP contribution is -2.31. The third-order valence-electron chi connectivity index (χ3n) is 4.32. The fourth-order valence-corrected chi connectivity index (χ4v) is 3.77. The van der Waals surface area contributed by atoms with Crippen LogP contribution in [0.3, 0.4) is 0 Å². The maximum atomic E-state index is 12.8. The molecule has 0 unspecified atom stereocenters. The van der Waals surface area contributed by atoms with E-state index < -0.39 is 0 Å². The number of nitrogens with one attached hydrogen (secondary N) is 1. The van der Waals surface area contributed by atoms with Crippen molar-refractivity contribution in [2.75, 3.05) is 11.9 Å². The molecule has 0 aliphatic carbocycles. The fraction of sp³-hybridized carbons (Fsp3) is 0.200. The number of nitrogens with zero attached hydrogens (tertiary/aromatic N) is 4. The van der Waals surface area contributed by atoms with Crippen LogP contribution in [0.15, 0.2) is 64.3 Å². The normalized spacial score (nSPS) is 10.9. The molecule has 1 aromatic carbocycles. The summed E-state index contributed by atoms with van der Waals surface area (Å²) in [5.74, 6) is 0.350. The summed E-state index contributed by atoms with van der Waals surface area (Å²) in [5.41, 5.74) is 1.26. The Labute approximate surface area is 170 Å².